The Morgan fingerprint density at radius 1 is 1.21 bits per heavy atom. The fourth-order valence-electron chi connectivity index (χ4n) is 2.80. The minimum absolute atomic E-state index is 0.117. The van der Waals surface area contributed by atoms with E-state index in [0.717, 1.165) is 6.07 Å². The number of nitrogens with one attached hydrogen (secondary N) is 2. The van der Waals surface area contributed by atoms with E-state index in [-0.39, 0.29) is 35.3 Å². The van der Waals surface area contributed by atoms with Gasteiger partial charge in [0.15, 0.2) is 0 Å². The summed E-state index contributed by atoms with van der Waals surface area (Å²) in [7, 11) is 0. The summed E-state index contributed by atoms with van der Waals surface area (Å²) in [6, 6.07) is 4.40. The molecule has 0 aromatic heterocycles. The molecule has 2 amide bonds. The maximum atomic E-state index is 13.1. The van der Waals surface area contributed by atoms with Gasteiger partial charge >= 0.3 is 6.18 Å². The molecule has 132 valence electrons. The van der Waals surface area contributed by atoms with Crippen LogP contribution in [0.4, 0.5) is 13.2 Å². The van der Waals surface area contributed by atoms with Gasteiger partial charge in [-0.25, -0.2) is 0 Å². The molecule has 4 nitrogen and oxygen atoms in total. The fourth-order valence-corrected chi connectivity index (χ4v) is 2.80. The lowest BCUT2D eigenvalue weighted by Gasteiger charge is -2.21. The average molecular weight is 342 g/mol. The molecule has 0 unspecified atom stereocenters. The van der Waals surface area contributed by atoms with Crippen LogP contribution >= 0.6 is 0 Å². The van der Waals surface area contributed by atoms with Gasteiger partial charge in [-0.05, 0) is 24.0 Å². The normalized spacial score (nSPS) is 21.3. The highest BCUT2D eigenvalue weighted by Crippen LogP contribution is 2.46. The van der Waals surface area contributed by atoms with Crippen LogP contribution in [0.1, 0.15) is 44.2 Å². The van der Waals surface area contributed by atoms with E-state index in [1.165, 1.54) is 19.1 Å². The van der Waals surface area contributed by atoms with Crippen LogP contribution in [0.15, 0.2) is 24.3 Å². The highest BCUT2D eigenvalue weighted by Gasteiger charge is 2.45. The van der Waals surface area contributed by atoms with Crippen molar-refractivity contribution >= 4 is 11.8 Å². The van der Waals surface area contributed by atoms with Crippen LogP contribution in [-0.2, 0) is 15.8 Å². The third kappa shape index (κ3) is 4.27. The molecule has 0 saturated heterocycles. The highest BCUT2D eigenvalue weighted by molar-refractivity contribution is 5.87. The number of rotatable bonds is 5. The van der Waals surface area contributed by atoms with Crippen molar-refractivity contribution in [1.82, 2.24) is 10.6 Å². The third-order valence-electron chi connectivity index (χ3n) is 4.09. The van der Waals surface area contributed by atoms with Gasteiger partial charge in [-0.2, -0.15) is 13.2 Å². The van der Waals surface area contributed by atoms with Crippen LogP contribution in [0.3, 0.4) is 0 Å². The van der Waals surface area contributed by atoms with E-state index >= 15 is 0 Å². The van der Waals surface area contributed by atoms with Crippen molar-refractivity contribution in [3.05, 3.63) is 35.4 Å². The van der Waals surface area contributed by atoms with Gasteiger partial charge < -0.3 is 10.6 Å². The van der Waals surface area contributed by atoms with Crippen molar-refractivity contribution in [2.45, 2.75) is 51.4 Å². The van der Waals surface area contributed by atoms with Gasteiger partial charge in [-0.1, -0.05) is 32.0 Å². The molecule has 0 heterocycles. The smallest absolute Gasteiger partial charge is 0.351 e. The van der Waals surface area contributed by atoms with Crippen LogP contribution in [-0.4, -0.2) is 23.9 Å². The number of benzene rings is 1. The van der Waals surface area contributed by atoms with E-state index in [2.05, 4.69) is 10.6 Å². The van der Waals surface area contributed by atoms with Crippen molar-refractivity contribution < 1.29 is 22.8 Å². The molecule has 2 N–H and O–H groups in total. The lowest BCUT2D eigenvalue weighted by molar-refractivity contribution is -0.138. The second kappa shape index (κ2) is 6.83. The maximum Gasteiger partial charge on any atom is 0.416 e. The molecule has 24 heavy (non-hydrogen) atoms. The number of carbonyl (C=O) groups is 2. The van der Waals surface area contributed by atoms with Crippen LogP contribution < -0.4 is 10.6 Å². The largest absolute Gasteiger partial charge is 0.416 e. The van der Waals surface area contributed by atoms with E-state index < -0.39 is 17.8 Å². The number of amides is 2. The molecule has 1 saturated carbocycles. The Morgan fingerprint density at radius 3 is 2.38 bits per heavy atom. The number of hydrogen-bond acceptors (Lipinski definition) is 2. The Balaban J connectivity index is 2.06. The topological polar surface area (TPSA) is 58.2 Å². The van der Waals surface area contributed by atoms with E-state index in [0.29, 0.717) is 6.42 Å². The molecule has 1 fully saturated rings. The van der Waals surface area contributed by atoms with Gasteiger partial charge in [0.25, 0.3) is 0 Å². The number of carbonyl (C=O) groups excluding carboxylic acids is 2. The van der Waals surface area contributed by atoms with Gasteiger partial charge in [0.2, 0.25) is 11.8 Å². The van der Waals surface area contributed by atoms with Gasteiger partial charge in [-0.15, -0.1) is 0 Å². The summed E-state index contributed by atoms with van der Waals surface area (Å²) in [6.45, 7) is 4.91. The van der Waals surface area contributed by atoms with Crippen molar-refractivity contribution in [2.75, 3.05) is 0 Å². The molecule has 1 aliphatic carbocycles. The minimum Gasteiger partial charge on any atom is -0.351 e. The van der Waals surface area contributed by atoms with Crippen molar-refractivity contribution in [3.63, 3.8) is 0 Å². The molecule has 3 atom stereocenters. The first-order valence-corrected chi connectivity index (χ1v) is 7.85. The number of hydrogen-bond donors (Lipinski definition) is 2. The van der Waals surface area contributed by atoms with Gasteiger partial charge in [0.1, 0.15) is 6.04 Å². The Morgan fingerprint density at radius 2 is 1.83 bits per heavy atom. The molecule has 1 aromatic rings. The first-order valence-electron chi connectivity index (χ1n) is 7.85. The lowest BCUT2D eigenvalue weighted by Crippen LogP contribution is -2.49. The molecule has 1 aromatic carbocycles. The number of halogens is 3. The quantitative estimate of drug-likeness (QED) is 0.864. The molecule has 7 heteroatoms. The summed E-state index contributed by atoms with van der Waals surface area (Å²) in [5.74, 6) is -1.15. The fraction of sp³-hybridized carbons (Fsp3) is 0.529. The molecular weight excluding hydrogens is 321 g/mol. The molecule has 0 radical (unpaired) electrons. The molecule has 2 rings (SSSR count). The monoisotopic (exact) mass is 342 g/mol. The molecule has 0 bridgehead atoms. The van der Waals surface area contributed by atoms with Gasteiger partial charge in [-0.3, -0.25) is 9.59 Å². The first-order chi connectivity index (χ1) is 11.1. The second-order valence-electron chi connectivity index (χ2n) is 6.46. The zero-order chi connectivity index (χ0) is 18.1. The lowest BCUT2D eigenvalue weighted by atomic mass is 10.0. The molecule has 0 aliphatic heterocycles. The van der Waals surface area contributed by atoms with Crippen molar-refractivity contribution in [2.24, 2.45) is 5.92 Å². The Labute approximate surface area is 138 Å². The summed E-state index contributed by atoms with van der Waals surface area (Å²) in [6.07, 6.45) is -3.95. The standard InChI is InChI=1S/C17H21F3N2O2/c1-9(2)15(21-10(3)23)16(24)22-14-8-12(14)11-6-4-5-7-13(11)17(18,19)20/h4-7,9,12,14-15H,8H2,1-3H3,(H,21,23)(H,22,24)/t12-,14+,15+/m1/s1. The third-order valence-corrected chi connectivity index (χ3v) is 4.09. The van der Waals surface area contributed by atoms with Crippen LogP contribution in [0.5, 0.6) is 0 Å². The maximum absolute atomic E-state index is 13.1. The first kappa shape index (κ1) is 18.3. The minimum atomic E-state index is -4.41. The Kier molecular flexibility index (Phi) is 5.20. The molecular formula is C17H21F3N2O2. The van der Waals surface area contributed by atoms with Crippen LogP contribution in [0.2, 0.25) is 0 Å². The van der Waals surface area contributed by atoms with E-state index in [1.54, 1.807) is 19.9 Å². The summed E-state index contributed by atoms with van der Waals surface area (Å²) >= 11 is 0. The molecule has 1 aliphatic rings. The zero-order valence-corrected chi connectivity index (χ0v) is 13.8. The Hall–Kier alpha value is -2.05. The number of alkyl halides is 3. The summed E-state index contributed by atoms with van der Waals surface area (Å²) in [4.78, 5) is 23.5. The van der Waals surface area contributed by atoms with E-state index in [1.807, 2.05) is 0 Å². The summed E-state index contributed by atoms with van der Waals surface area (Å²) < 4.78 is 39.2. The van der Waals surface area contributed by atoms with Crippen LogP contribution in [0, 0.1) is 5.92 Å². The van der Waals surface area contributed by atoms with E-state index in [9.17, 15) is 22.8 Å². The van der Waals surface area contributed by atoms with E-state index in [4.69, 9.17) is 0 Å². The zero-order valence-electron chi connectivity index (χ0n) is 13.8. The van der Waals surface area contributed by atoms with Crippen LogP contribution in [0.25, 0.3) is 0 Å². The van der Waals surface area contributed by atoms with Gasteiger partial charge in [0.05, 0.1) is 5.56 Å². The second-order valence-corrected chi connectivity index (χ2v) is 6.46. The predicted octanol–water partition coefficient (Wildman–Crippen LogP) is 2.84. The highest BCUT2D eigenvalue weighted by atomic mass is 19.4. The summed E-state index contributed by atoms with van der Waals surface area (Å²) in [5, 5.41) is 5.32. The van der Waals surface area contributed by atoms with Gasteiger partial charge in [0, 0.05) is 18.9 Å². The summed E-state index contributed by atoms with van der Waals surface area (Å²) in [5.41, 5.74) is -0.454. The SMILES string of the molecule is CC(=O)N[C@H](C(=O)N[C@H]1C[C@@H]1c1ccccc1C(F)(F)F)C(C)C. The average Bonchev–Trinajstić information content (AvgIpc) is 3.22. The van der Waals surface area contributed by atoms with Crippen molar-refractivity contribution in [3.8, 4) is 0 Å². The molecule has 0 spiro atoms. The predicted molar refractivity (Wildman–Crippen MR) is 83.2 cm³/mol. The van der Waals surface area contributed by atoms with Crippen molar-refractivity contribution in [1.29, 1.82) is 0 Å². The Bertz CT molecular complexity index is 629.